The zero-order valence-corrected chi connectivity index (χ0v) is 20.4. The lowest BCUT2D eigenvalue weighted by atomic mass is 10.1. The van der Waals surface area contributed by atoms with Crippen LogP contribution in [0.5, 0.6) is 0 Å². The quantitative estimate of drug-likeness (QED) is 0.122. The van der Waals surface area contributed by atoms with E-state index in [-0.39, 0.29) is 0 Å². The van der Waals surface area contributed by atoms with Crippen molar-refractivity contribution in [2.75, 3.05) is 19.4 Å². The minimum atomic E-state index is -2.89. The molecule has 0 radical (unpaired) electrons. The van der Waals surface area contributed by atoms with E-state index in [0.29, 0.717) is 19.4 Å². The molecule has 0 saturated heterocycles. The van der Waals surface area contributed by atoms with Crippen molar-refractivity contribution in [1.82, 2.24) is 0 Å². The average molecular weight is 419 g/mol. The molecule has 4 heteroatoms. The van der Waals surface area contributed by atoms with Crippen LogP contribution < -0.4 is 0 Å². The molecule has 0 N–H and O–H groups in total. The van der Waals surface area contributed by atoms with E-state index in [2.05, 4.69) is 20.8 Å². The van der Waals surface area contributed by atoms with E-state index < -0.39 is 7.60 Å². The van der Waals surface area contributed by atoms with Crippen molar-refractivity contribution in [3.8, 4) is 0 Å². The molecule has 0 bridgehead atoms. The maximum atomic E-state index is 13.1. The first-order chi connectivity index (χ1) is 13.7. The topological polar surface area (TPSA) is 35.5 Å². The predicted octanol–water partition coefficient (Wildman–Crippen LogP) is 9.29. The first-order valence-corrected chi connectivity index (χ1v) is 14.3. The highest BCUT2D eigenvalue weighted by Crippen LogP contribution is 2.49. The molecule has 0 spiro atoms. The van der Waals surface area contributed by atoms with Gasteiger partial charge < -0.3 is 9.05 Å². The van der Waals surface area contributed by atoms with Gasteiger partial charge >= 0.3 is 7.60 Å². The van der Waals surface area contributed by atoms with E-state index in [9.17, 15) is 4.57 Å². The molecule has 28 heavy (non-hydrogen) atoms. The van der Waals surface area contributed by atoms with Crippen LogP contribution in [-0.2, 0) is 13.6 Å². The summed E-state index contributed by atoms with van der Waals surface area (Å²) in [6, 6.07) is 0. The molecule has 0 aromatic carbocycles. The first kappa shape index (κ1) is 28.1. The van der Waals surface area contributed by atoms with Gasteiger partial charge in [0.1, 0.15) is 0 Å². The van der Waals surface area contributed by atoms with Crippen molar-refractivity contribution in [2.24, 2.45) is 0 Å². The molecule has 0 fully saturated rings. The van der Waals surface area contributed by atoms with Crippen LogP contribution in [-0.4, -0.2) is 19.4 Å². The number of hydrogen-bond donors (Lipinski definition) is 0. The van der Waals surface area contributed by atoms with E-state index >= 15 is 0 Å². The van der Waals surface area contributed by atoms with E-state index in [1.54, 1.807) is 0 Å². The number of rotatable bonds is 23. The first-order valence-electron chi connectivity index (χ1n) is 12.6. The van der Waals surface area contributed by atoms with Gasteiger partial charge in [-0.2, -0.15) is 0 Å². The third-order valence-corrected chi connectivity index (χ3v) is 7.37. The van der Waals surface area contributed by atoms with Crippen LogP contribution in [0.4, 0.5) is 0 Å². The van der Waals surface area contributed by atoms with Crippen LogP contribution >= 0.6 is 7.60 Å². The minimum Gasteiger partial charge on any atom is -0.309 e. The van der Waals surface area contributed by atoms with Crippen molar-refractivity contribution in [3.63, 3.8) is 0 Å². The molecule has 3 nitrogen and oxygen atoms in total. The Hall–Kier alpha value is 0.150. The van der Waals surface area contributed by atoms with Crippen LogP contribution in [0.1, 0.15) is 136 Å². The molecule has 0 unspecified atom stereocenters. The number of hydrogen-bond acceptors (Lipinski definition) is 3. The van der Waals surface area contributed by atoms with Crippen LogP contribution in [0.25, 0.3) is 0 Å². The second-order valence-corrected chi connectivity index (χ2v) is 10.5. The molecule has 0 rings (SSSR count). The van der Waals surface area contributed by atoms with E-state index in [0.717, 1.165) is 38.5 Å². The number of unbranched alkanes of at least 4 members (excludes halogenated alkanes) is 15. The molecular weight excluding hydrogens is 367 g/mol. The van der Waals surface area contributed by atoms with Crippen molar-refractivity contribution >= 4 is 7.60 Å². The maximum Gasteiger partial charge on any atom is 0.330 e. The molecule has 0 aliphatic heterocycles. The normalized spacial score (nSPS) is 12.0. The zero-order valence-electron chi connectivity index (χ0n) is 19.5. The molecule has 0 aliphatic rings. The molecular formula is C24H51O3P. The maximum absolute atomic E-state index is 13.1. The second-order valence-electron chi connectivity index (χ2n) is 8.30. The summed E-state index contributed by atoms with van der Waals surface area (Å²) in [6.45, 7) is 7.85. The van der Waals surface area contributed by atoms with Crippen molar-refractivity contribution in [2.45, 2.75) is 136 Å². The summed E-state index contributed by atoms with van der Waals surface area (Å²) in [6.07, 6.45) is 22.7. The monoisotopic (exact) mass is 418 g/mol. The van der Waals surface area contributed by atoms with Crippen molar-refractivity contribution in [1.29, 1.82) is 0 Å². The molecule has 0 aromatic rings. The van der Waals surface area contributed by atoms with Gasteiger partial charge in [-0.15, -0.1) is 0 Å². The molecule has 0 heterocycles. The van der Waals surface area contributed by atoms with Gasteiger partial charge in [-0.25, -0.2) is 0 Å². The summed E-state index contributed by atoms with van der Waals surface area (Å²) in [5, 5.41) is 0. The lowest BCUT2D eigenvalue weighted by Gasteiger charge is -2.19. The van der Waals surface area contributed by atoms with Crippen LogP contribution in [0.2, 0.25) is 0 Å². The van der Waals surface area contributed by atoms with Crippen LogP contribution in [0, 0.1) is 0 Å². The van der Waals surface area contributed by atoms with Crippen molar-refractivity contribution in [3.05, 3.63) is 0 Å². The highest BCUT2D eigenvalue weighted by atomic mass is 31.2. The summed E-state index contributed by atoms with van der Waals surface area (Å²) < 4.78 is 24.7. The Bertz CT molecular complexity index is 329. The summed E-state index contributed by atoms with van der Waals surface area (Å²) in [4.78, 5) is 0. The summed E-state index contributed by atoms with van der Waals surface area (Å²) in [5.41, 5.74) is 0. The van der Waals surface area contributed by atoms with E-state index in [1.165, 1.54) is 77.0 Å². The third kappa shape index (κ3) is 19.5. The Morgan fingerprint density at radius 3 is 1.18 bits per heavy atom. The molecule has 0 atom stereocenters. The Morgan fingerprint density at radius 1 is 0.464 bits per heavy atom. The molecule has 0 saturated carbocycles. The fourth-order valence-corrected chi connectivity index (χ4v) is 5.18. The van der Waals surface area contributed by atoms with Gasteiger partial charge in [-0.1, -0.05) is 117 Å². The van der Waals surface area contributed by atoms with Crippen LogP contribution in [0.3, 0.4) is 0 Å². The van der Waals surface area contributed by atoms with Crippen LogP contribution in [0.15, 0.2) is 0 Å². The molecule has 0 aliphatic carbocycles. The Labute approximate surface area is 177 Å². The molecule has 170 valence electrons. The third-order valence-electron chi connectivity index (χ3n) is 5.36. The summed E-state index contributed by atoms with van der Waals surface area (Å²) >= 11 is 0. The van der Waals surface area contributed by atoms with Gasteiger partial charge in [0.05, 0.1) is 19.4 Å². The highest BCUT2D eigenvalue weighted by molar-refractivity contribution is 7.53. The lowest BCUT2D eigenvalue weighted by molar-refractivity contribution is 0.197. The zero-order chi connectivity index (χ0) is 20.8. The molecule has 0 aromatic heterocycles. The standard InChI is InChI=1S/C24H51O3P/c1-4-7-10-13-14-15-16-17-18-21-24-28(25,26-22-19-11-8-5-2)27-23-20-12-9-6-3/h4-24H2,1-3H3. The molecule has 0 amide bonds. The van der Waals surface area contributed by atoms with Crippen molar-refractivity contribution < 1.29 is 13.6 Å². The van der Waals surface area contributed by atoms with Gasteiger partial charge in [0.25, 0.3) is 0 Å². The highest BCUT2D eigenvalue weighted by Gasteiger charge is 2.23. The summed E-state index contributed by atoms with van der Waals surface area (Å²) in [5.74, 6) is 0. The smallest absolute Gasteiger partial charge is 0.309 e. The second kappa shape index (κ2) is 21.8. The Kier molecular flexibility index (Phi) is 22.0. The SMILES string of the molecule is CCCCCCCCCCCCP(=O)(OCCCCCC)OCCCCCC. The minimum absolute atomic E-state index is 0.587. The van der Waals surface area contributed by atoms with Gasteiger partial charge in [0.2, 0.25) is 0 Å². The fourth-order valence-electron chi connectivity index (χ4n) is 3.42. The van der Waals surface area contributed by atoms with E-state index in [4.69, 9.17) is 9.05 Å². The van der Waals surface area contributed by atoms with Gasteiger partial charge in [0, 0.05) is 0 Å². The van der Waals surface area contributed by atoms with Gasteiger partial charge in [-0.3, -0.25) is 4.57 Å². The summed E-state index contributed by atoms with van der Waals surface area (Å²) in [7, 11) is -2.89. The van der Waals surface area contributed by atoms with Gasteiger partial charge in [0.15, 0.2) is 0 Å². The fraction of sp³-hybridized carbons (Fsp3) is 1.00. The van der Waals surface area contributed by atoms with E-state index in [1.807, 2.05) is 0 Å². The largest absolute Gasteiger partial charge is 0.330 e. The lowest BCUT2D eigenvalue weighted by Crippen LogP contribution is -2.03. The Morgan fingerprint density at radius 2 is 0.786 bits per heavy atom. The van der Waals surface area contributed by atoms with Gasteiger partial charge in [-0.05, 0) is 19.3 Å². The average Bonchev–Trinajstić information content (AvgIpc) is 2.69. The predicted molar refractivity (Wildman–Crippen MR) is 125 cm³/mol. The Balaban J connectivity index is 3.93.